The molecule has 4 rings (SSSR count). The molecule has 0 spiro atoms. The number of nitrogens with zero attached hydrogens (tertiary/aromatic N) is 1. The second-order valence-electron chi connectivity index (χ2n) is 8.50. The van der Waals surface area contributed by atoms with Crippen molar-refractivity contribution in [1.82, 2.24) is 4.98 Å². The maximum absolute atomic E-state index is 6.73. The van der Waals surface area contributed by atoms with E-state index in [1.54, 1.807) is 4.88 Å². The van der Waals surface area contributed by atoms with Gasteiger partial charge in [-0.25, -0.2) is 4.98 Å². The SMILES string of the molecule is CC(C)(C)[C@H]1CCc2nc3sc4c(c3c(N)c2C1)CCCCC4. The Labute approximate surface area is 143 Å². The van der Waals surface area contributed by atoms with Gasteiger partial charge in [0.15, 0.2) is 0 Å². The van der Waals surface area contributed by atoms with Crippen LogP contribution >= 0.6 is 11.3 Å². The summed E-state index contributed by atoms with van der Waals surface area (Å²) in [7, 11) is 0. The van der Waals surface area contributed by atoms with Crippen molar-refractivity contribution < 1.29 is 0 Å². The molecule has 1 atom stereocenters. The van der Waals surface area contributed by atoms with Crippen LogP contribution < -0.4 is 5.73 Å². The lowest BCUT2D eigenvalue weighted by molar-refractivity contribution is 0.215. The van der Waals surface area contributed by atoms with Crippen LogP contribution in [0.2, 0.25) is 0 Å². The Balaban J connectivity index is 1.85. The van der Waals surface area contributed by atoms with Crippen LogP contribution in [0.15, 0.2) is 0 Å². The summed E-state index contributed by atoms with van der Waals surface area (Å²) < 4.78 is 0. The van der Waals surface area contributed by atoms with Gasteiger partial charge in [0.05, 0.1) is 0 Å². The lowest BCUT2D eigenvalue weighted by atomic mass is 9.71. The molecule has 0 unspecified atom stereocenters. The highest BCUT2D eigenvalue weighted by molar-refractivity contribution is 7.19. The Hall–Kier alpha value is -1.09. The molecule has 0 fully saturated rings. The Bertz CT molecular complexity index is 751. The van der Waals surface area contributed by atoms with E-state index >= 15 is 0 Å². The van der Waals surface area contributed by atoms with Crippen LogP contribution in [-0.4, -0.2) is 4.98 Å². The molecule has 0 radical (unpaired) electrons. The largest absolute Gasteiger partial charge is 0.398 e. The molecule has 0 aromatic carbocycles. The quantitative estimate of drug-likeness (QED) is 0.667. The number of rotatable bonds is 0. The fourth-order valence-electron chi connectivity index (χ4n) is 4.41. The predicted molar refractivity (Wildman–Crippen MR) is 100 cm³/mol. The minimum absolute atomic E-state index is 0.352. The molecule has 2 nitrogen and oxygen atoms in total. The van der Waals surface area contributed by atoms with Crippen molar-refractivity contribution in [2.75, 3.05) is 5.73 Å². The molecule has 23 heavy (non-hydrogen) atoms. The van der Waals surface area contributed by atoms with E-state index in [1.807, 2.05) is 11.3 Å². The average molecular weight is 329 g/mol. The number of hydrogen-bond acceptors (Lipinski definition) is 3. The molecule has 2 aliphatic rings. The molecule has 2 aromatic heterocycles. The summed E-state index contributed by atoms with van der Waals surface area (Å²) in [6, 6.07) is 0. The molecule has 0 saturated heterocycles. The highest BCUT2D eigenvalue weighted by atomic mass is 32.1. The molecular formula is C20H28N2S. The van der Waals surface area contributed by atoms with Crippen molar-refractivity contribution in [1.29, 1.82) is 0 Å². The predicted octanol–water partition coefficient (Wildman–Crippen LogP) is 5.30. The molecular weight excluding hydrogens is 300 g/mol. The summed E-state index contributed by atoms with van der Waals surface area (Å²) in [5, 5.41) is 1.32. The summed E-state index contributed by atoms with van der Waals surface area (Å²) >= 11 is 1.92. The van der Waals surface area contributed by atoms with Gasteiger partial charge in [0.2, 0.25) is 0 Å². The van der Waals surface area contributed by atoms with Crippen molar-refractivity contribution in [3.63, 3.8) is 0 Å². The summed E-state index contributed by atoms with van der Waals surface area (Å²) in [6.45, 7) is 7.09. The van der Waals surface area contributed by atoms with Crippen molar-refractivity contribution >= 4 is 27.2 Å². The van der Waals surface area contributed by atoms with Crippen LogP contribution in [-0.2, 0) is 25.7 Å². The molecule has 0 saturated carbocycles. The van der Waals surface area contributed by atoms with Crippen LogP contribution in [0.3, 0.4) is 0 Å². The third-order valence-electron chi connectivity index (χ3n) is 5.99. The minimum Gasteiger partial charge on any atom is -0.398 e. The van der Waals surface area contributed by atoms with E-state index in [4.69, 9.17) is 10.7 Å². The molecule has 2 aromatic rings. The van der Waals surface area contributed by atoms with E-state index in [0.717, 1.165) is 18.5 Å². The van der Waals surface area contributed by atoms with Crippen molar-refractivity contribution in [2.24, 2.45) is 11.3 Å². The smallest absolute Gasteiger partial charge is 0.126 e. The highest BCUT2D eigenvalue weighted by Crippen LogP contribution is 2.44. The second kappa shape index (κ2) is 5.47. The Morgan fingerprint density at radius 1 is 1.04 bits per heavy atom. The molecule has 0 amide bonds. The van der Waals surface area contributed by atoms with E-state index in [2.05, 4.69) is 20.8 Å². The number of fused-ring (bicyclic) bond motifs is 4. The number of nitrogens with two attached hydrogens (primary N) is 1. The normalized spacial score (nSPS) is 21.8. The zero-order chi connectivity index (χ0) is 16.2. The molecule has 0 aliphatic heterocycles. The monoisotopic (exact) mass is 328 g/mol. The van der Waals surface area contributed by atoms with Gasteiger partial charge in [-0.1, -0.05) is 27.2 Å². The van der Waals surface area contributed by atoms with Gasteiger partial charge in [0, 0.05) is 21.6 Å². The van der Waals surface area contributed by atoms with E-state index in [1.165, 1.54) is 65.6 Å². The summed E-state index contributed by atoms with van der Waals surface area (Å²) in [6.07, 6.45) is 9.87. The van der Waals surface area contributed by atoms with Crippen molar-refractivity contribution in [3.05, 3.63) is 21.7 Å². The van der Waals surface area contributed by atoms with Crippen LogP contribution in [0, 0.1) is 11.3 Å². The van der Waals surface area contributed by atoms with Crippen LogP contribution in [0.1, 0.15) is 68.2 Å². The Morgan fingerprint density at radius 3 is 2.61 bits per heavy atom. The lowest BCUT2D eigenvalue weighted by Crippen LogP contribution is -2.28. The molecule has 2 aliphatic carbocycles. The molecule has 3 heteroatoms. The number of aromatic nitrogens is 1. The fraction of sp³-hybridized carbons (Fsp3) is 0.650. The average Bonchev–Trinajstić information content (AvgIpc) is 2.68. The first-order valence-electron chi connectivity index (χ1n) is 9.16. The minimum atomic E-state index is 0.352. The molecule has 0 bridgehead atoms. The second-order valence-corrected chi connectivity index (χ2v) is 9.58. The van der Waals surface area contributed by atoms with Gasteiger partial charge in [0.1, 0.15) is 4.83 Å². The maximum atomic E-state index is 6.73. The topological polar surface area (TPSA) is 38.9 Å². The third-order valence-corrected chi connectivity index (χ3v) is 7.17. The Kier molecular flexibility index (Phi) is 3.67. The van der Waals surface area contributed by atoms with Crippen molar-refractivity contribution in [3.8, 4) is 0 Å². The third kappa shape index (κ3) is 2.57. The van der Waals surface area contributed by atoms with Crippen LogP contribution in [0.4, 0.5) is 5.69 Å². The molecule has 124 valence electrons. The van der Waals surface area contributed by atoms with E-state index in [0.29, 0.717) is 11.3 Å². The summed E-state index contributed by atoms with van der Waals surface area (Å²) in [5.41, 5.74) is 12.3. The van der Waals surface area contributed by atoms with E-state index in [9.17, 15) is 0 Å². The van der Waals surface area contributed by atoms with E-state index in [-0.39, 0.29) is 0 Å². The first-order valence-corrected chi connectivity index (χ1v) is 9.98. The summed E-state index contributed by atoms with van der Waals surface area (Å²) in [4.78, 5) is 7.84. The first kappa shape index (κ1) is 15.4. The van der Waals surface area contributed by atoms with Crippen molar-refractivity contribution in [2.45, 2.75) is 72.1 Å². The number of thiophene rings is 1. The van der Waals surface area contributed by atoms with Gasteiger partial charge < -0.3 is 5.73 Å². The lowest BCUT2D eigenvalue weighted by Gasteiger charge is -2.35. The van der Waals surface area contributed by atoms with Gasteiger partial charge >= 0.3 is 0 Å². The highest BCUT2D eigenvalue weighted by Gasteiger charge is 2.32. The van der Waals surface area contributed by atoms with Gasteiger partial charge in [-0.15, -0.1) is 11.3 Å². The maximum Gasteiger partial charge on any atom is 0.126 e. The van der Waals surface area contributed by atoms with Gasteiger partial charge in [0.25, 0.3) is 0 Å². The Morgan fingerprint density at radius 2 is 1.83 bits per heavy atom. The molecule has 2 N–H and O–H groups in total. The standard InChI is InChI=1S/C20H28N2S/c1-20(2,3)12-9-10-15-14(11-12)18(21)17-13-7-5-4-6-8-16(13)23-19(17)22-15/h12H,4-11H2,1-3H3,(H2,21,22)/t12-/m0/s1. The molecule has 2 heterocycles. The van der Waals surface area contributed by atoms with Gasteiger partial charge in [-0.2, -0.15) is 0 Å². The number of pyridine rings is 1. The number of anilines is 1. The zero-order valence-electron chi connectivity index (χ0n) is 14.7. The van der Waals surface area contributed by atoms with E-state index < -0.39 is 0 Å². The van der Waals surface area contributed by atoms with Gasteiger partial charge in [-0.05, 0) is 67.4 Å². The van der Waals surface area contributed by atoms with Crippen LogP contribution in [0.25, 0.3) is 10.2 Å². The first-order chi connectivity index (χ1) is 10.9. The van der Waals surface area contributed by atoms with Crippen LogP contribution in [0.5, 0.6) is 0 Å². The summed E-state index contributed by atoms with van der Waals surface area (Å²) in [5.74, 6) is 0.716. The zero-order valence-corrected chi connectivity index (χ0v) is 15.5. The number of aryl methyl sites for hydroxylation is 3. The van der Waals surface area contributed by atoms with Gasteiger partial charge in [-0.3, -0.25) is 0 Å². The number of hydrogen-bond donors (Lipinski definition) is 1. The number of nitrogen functional groups attached to an aromatic ring is 1. The fourth-order valence-corrected chi connectivity index (χ4v) is 5.71.